The van der Waals surface area contributed by atoms with E-state index in [4.69, 9.17) is 16.3 Å². The number of ether oxygens (including phenoxy) is 1. The average Bonchev–Trinajstić information content (AvgIpc) is 2.68. The first-order valence-corrected chi connectivity index (χ1v) is 11.0. The van der Waals surface area contributed by atoms with Gasteiger partial charge in [-0.15, -0.1) is 0 Å². The molecule has 156 valence electrons. The highest BCUT2D eigenvalue weighted by molar-refractivity contribution is 7.89. The first kappa shape index (κ1) is 21.6. The summed E-state index contributed by atoms with van der Waals surface area (Å²) in [6.07, 6.45) is 0. The third-order valence-electron chi connectivity index (χ3n) is 4.76. The molecule has 0 spiro atoms. The molecule has 0 atom stereocenters. The summed E-state index contributed by atoms with van der Waals surface area (Å²) in [5, 5.41) is 3.25. The van der Waals surface area contributed by atoms with Crippen molar-refractivity contribution in [2.45, 2.75) is 11.8 Å². The summed E-state index contributed by atoms with van der Waals surface area (Å²) in [5.74, 6) is 0.432. The lowest BCUT2D eigenvalue weighted by Crippen LogP contribution is -2.50. The lowest BCUT2D eigenvalue weighted by Gasteiger charge is -2.33. The number of halogens is 1. The van der Waals surface area contributed by atoms with Gasteiger partial charge in [0.1, 0.15) is 5.75 Å². The maximum absolute atomic E-state index is 12.8. The van der Waals surface area contributed by atoms with Gasteiger partial charge in [0.2, 0.25) is 15.9 Å². The van der Waals surface area contributed by atoms with Crippen molar-refractivity contribution in [2.24, 2.45) is 0 Å². The van der Waals surface area contributed by atoms with Gasteiger partial charge in [0.05, 0.1) is 24.2 Å². The minimum absolute atomic E-state index is 0.167. The van der Waals surface area contributed by atoms with Crippen LogP contribution in [0, 0.1) is 6.92 Å². The van der Waals surface area contributed by atoms with E-state index < -0.39 is 10.0 Å². The van der Waals surface area contributed by atoms with Crippen molar-refractivity contribution in [1.29, 1.82) is 0 Å². The summed E-state index contributed by atoms with van der Waals surface area (Å²) in [4.78, 5) is 14.6. The average molecular weight is 438 g/mol. The minimum Gasteiger partial charge on any atom is -0.495 e. The van der Waals surface area contributed by atoms with E-state index in [1.54, 1.807) is 19.2 Å². The zero-order chi connectivity index (χ0) is 21.0. The van der Waals surface area contributed by atoms with Crippen LogP contribution in [0.5, 0.6) is 5.75 Å². The number of aryl methyl sites for hydroxylation is 1. The molecular weight excluding hydrogens is 414 g/mol. The number of hydrogen-bond acceptors (Lipinski definition) is 5. The van der Waals surface area contributed by atoms with Crippen LogP contribution in [0.15, 0.2) is 47.4 Å². The Kier molecular flexibility index (Phi) is 6.79. The van der Waals surface area contributed by atoms with Gasteiger partial charge < -0.3 is 10.1 Å². The summed E-state index contributed by atoms with van der Waals surface area (Å²) < 4.78 is 32.2. The predicted octanol–water partition coefficient (Wildman–Crippen LogP) is 2.60. The molecule has 0 bridgehead atoms. The fourth-order valence-electron chi connectivity index (χ4n) is 3.22. The van der Waals surface area contributed by atoms with E-state index in [0.717, 1.165) is 5.56 Å². The molecule has 0 aromatic heterocycles. The van der Waals surface area contributed by atoms with Gasteiger partial charge >= 0.3 is 0 Å². The van der Waals surface area contributed by atoms with Gasteiger partial charge in [-0.05, 0) is 42.8 Å². The summed E-state index contributed by atoms with van der Waals surface area (Å²) in [6, 6.07) is 11.8. The van der Waals surface area contributed by atoms with Gasteiger partial charge in [0.25, 0.3) is 0 Å². The van der Waals surface area contributed by atoms with Crippen LogP contribution in [0.3, 0.4) is 0 Å². The Balaban J connectivity index is 1.57. The Hall–Kier alpha value is -2.13. The van der Waals surface area contributed by atoms with Crippen molar-refractivity contribution >= 4 is 33.2 Å². The molecule has 7 nitrogen and oxygen atoms in total. The predicted molar refractivity (Wildman–Crippen MR) is 113 cm³/mol. The van der Waals surface area contributed by atoms with Gasteiger partial charge in [-0.25, -0.2) is 8.42 Å². The standard InChI is InChI=1S/C20H24ClN3O4S/c1-15-6-7-19(28-2)18(12-15)22-20(25)14-23-8-10-24(11-9-23)29(26,27)17-5-3-4-16(21)13-17/h3-7,12-13H,8-11,14H2,1-2H3,(H,22,25). The number of anilines is 1. The third kappa shape index (κ3) is 5.27. The molecule has 9 heteroatoms. The molecule has 0 saturated carbocycles. The van der Waals surface area contributed by atoms with Gasteiger partial charge in [0, 0.05) is 31.2 Å². The molecule has 1 aliphatic heterocycles. The molecule has 1 amide bonds. The number of nitrogens with one attached hydrogen (secondary N) is 1. The SMILES string of the molecule is COc1ccc(C)cc1NC(=O)CN1CCN(S(=O)(=O)c2cccc(Cl)c2)CC1. The largest absolute Gasteiger partial charge is 0.495 e. The fourth-order valence-corrected chi connectivity index (χ4v) is 4.94. The molecule has 0 unspecified atom stereocenters. The maximum Gasteiger partial charge on any atom is 0.243 e. The van der Waals surface area contributed by atoms with E-state index in [-0.39, 0.29) is 17.3 Å². The number of hydrogen-bond donors (Lipinski definition) is 1. The van der Waals surface area contributed by atoms with Crippen molar-refractivity contribution < 1.29 is 17.9 Å². The Morgan fingerprint density at radius 3 is 2.52 bits per heavy atom. The zero-order valence-corrected chi connectivity index (χ0v) is 18.0. The third-order valence-corrected chi connectivity index (χ3v) is 6.89. The molecule has 1 fully saturated rings. The van der Waals surface area contributed by atoms with Crippen LogP contribution < -0.4 is 10.1 Å². The lowest BCUT2D eigenvalue weighted by molar-refractivity contribution is -0.117. The van der Waals surface area contributed by atoms with E-state index >= 15 is 0 Å². The van der Waals surface area contributed by atoms with Crippen LogP contribution >= 0.6 is 11.6 Å². The maximum atomic E-state index is 12.8. The number of rotatable bonds is 6. The summed E-state index contributed by atoms with van der Waals surface area (Å²) >= 11 is 5.92. The molecular formula is C20H24ClN3O4S. The van der Waals surface area contributed by atoms with E-state index in [9.17, 15) is 13.2 Å². The molecule has 3 rings (SSSR count). The molecule has 1 aliphatic rings. The van der Waals surface area contributed by atoms with Crippen molar-refractivity contribution in [3.63, 3.8) is 0 Å². The Morgan fingerprint density at radius 1 is 1.14 bits per heavy atom. The quantitative estimate of drug-likeness (QED) is 0.751. The molecule has 2 aromatic carbocycles. The van der Waals surface area contributed by atoms with Gasteiger partial charge in [0.15, 0.2) is 0 Å². The Morgan fingerprint density at radius 2 is 1.86 bits per heavy atom. The first-order valence-electron chi connectivity index (χ1n) is 9.22. The number of carbonyl (C=O) groups is 1. The van der Waals surface area contributed by atoms with E-state index in [1.165, 1.54) is 16.4 Å². The van der Waals surface area contributed by atoms with Crippen LogP contribution in [0.25, 0.3) is 0 Å². The zero-order valence-electron chi connectivity index (χ0n) is 16.4. The second-order valence-electron chi connectivity index (χ2n) is 6.89. The number of benzene rings is 2. The van der Waals surface area contributed by atoms with E-state index in [1.807, 2.05) is 30.0 Å². The van der Waals surface area contributed by atoms with Gasteiger partial charge in [-0.1, -0.05) is 23.7 Å². The van der Waals surface area contributed by atoms with Crippen molar-refractivity contribution in [3.05, 3.63) is 53.1 Å². The first-order chi connectivity index (χ1) is 13.8. The normalized spacial score (nSPS) is 15.8. The number of amides is 1. The minimum atomic E-state index is -3.59. The number of piperazine rings is 1. The second-order valence-corrected chi connectivity index (χ2v) is 9.26. The van der Waals surface area contributed by atoms with Crippen LogP contribution in [0.2, 0.25) is 5.02 Å². The monoisotopic (exact) mass is 437 g/mol. The Bertz CT molecular complexity index is 989. The topological polar surface area (TPSA) is 79.0 Å². The number of carbonyl (C=O) groups excluding carboxylic acids is 1. The number of nitrogens with zero attached hydrogens (tertiary/aromatic N) is 2. The van der Waals surface area contributed by atoms with Crippen LogP contribution in [0.1, 0.15) is 5.56 Å². The highest BCUT2D eigenvalue weighted by Crippen LogP contribution is 2.25. The summed E-state index contributed by atoms with van der Waals surface area (Å²) in [7, 11) is -2.04. The molecule has 1 heterocycles. The fraction of sp³-hybridized carbons (Fsp3) is 0.350. The van der Waals surface area contributed by atoms with Crippen LogP contribution in [-0.4, -0.2) is 63.4 Å². The highest BCUT2D eigenvalue weighted by atomic mass is 35.5. The molecule has 2 aromatic rings. The molecule has 1 saturated heterocycles. The van der Waals surface area contributed by atoms with E-state index in [2.05, 4.69) is 5.32 Å². The lowest BCUT2D eigenvalue weighted by atomic mass is 10.2. The summed E-state index contributed by atoms with van der Waals surface area (Å²) in [6.45, 7) is 3.69. The second kappa shape index (κ2) is 9.13. The van der Waals surface area contributed by atoms with Crippen LogP contribution in [0.4, 0.5) is 5.69 Å². The molecule has 29 heavy (non-hydrogen) atoms. The van der Waals surface area contributed by atoms with Gasteiger partial charge in [-0.2, -0.15) is 4.31 Å². The molecule has 0 aliphatic carbocycles. The highest BCUT2D eigenvalue weighted by Gasteiger charge is 2.29. The molecule has 1 N–H and O–H groups in total. The van der Waals surface area contributed by atoms with Crippen LogP contribution in [-0.2, 0) is 14.8 Å². The smallest absolute Gasteiger partial charge is 0.243 e. The molecule has 0 radical (unpaired) electrons. The number of sulfonamides is 1. The van der Waals surface area contributed by atoms with E-state index in [0.29, 0.717) is 42.6 Å². The van der Waals surface area contributed by atoms with Crippen molar-refractivity contribution in [1.82, 2.24) is 9.21 Å². The van der Waals surface area contributed by atoms with Gasteiger partial charge in [-0.3, -0.25) is 9.69 Å². The number of methoxy groups -OCH3 is 1. The van der Waals surface area contributed by atoms with Crippen molar-refractivity contribution in [3.8, 4) is 5.75 Å². The Labute approximate surface area is 176 Å². The van der Waals surface area contributed by atoms with Crippen molar-refractivity contribution in [2.75, 3.05) is 45.2 Å². The summed E-state index contributed by atoms with van der Waals surface area (Å²) in [5.41, 5.74) is 1.64.